The highest BCUT2D eigenvalue weighted by Gasteiger charge is 2.34. The van der Waals surface area contributed by atoms with E-state index in [0.29, 0.717) is 117 Å². The first-order valence-electron chi connectivity index (χ1n) is 19.0. The lowest BCUT2D eigenvalue weighted by Crippen LogP contribution is -2.33. The third-order valence-electron chi connectivity index (χ3n) is 8.18. The number of fused-ring (bicyclic) bond motifs is 1. The Kier molecular flexibility index (Phi) is 24.7. The summed E-state index contributed by atoms with van der Waals surface area (Å²) in [6.07, 6.45) is 9.05. The Morgan fingerprint density at radius 1 is 0.442 bits per heavy atom. The third-order valence-corrected chi connectivity index (χ3v) is 8.18. The van der Waals surface area contributed by atoms with Crippen LogP contribution in [0.2, 0.25) is 0 Å². The molecule has 2 amide bonds. The average molecular weight is 732 g/mol. The average Bonchev–Trinajstić information content (AvgIpc) is 3.41. The van der Waals surface area contributed by atoms with Gasteiger partial charge in [0.1, 0.15) is 12.4 Å². The molecule has 1 aliphatic heterocycles. The third kappa shape index (κ3) is 19.2. The van der Waals surface area contributed by atoms with Crippen molar-refractivity contribution in [3.8, 4) is 5.75 Å². The molecule has 0 saturated heterocycles. The Balaban J connectivity index is 0.952. The predicted octanol–water partition coefficient (Wildman–Crippen LogP) is 5.40. The minimum absolute atomic E-state index is 0.217. The molecule has 0 unspecified atom stereocenters. The van der Waals surface area contributed by atoms with Crippen molar-refractivity contribution < 1.29 is 52.2 Å². The normalized spacial score (nSPS) is 12.6. The quantitative estimate of drug-likeness (QED) is 0.0670. The molecule has 12 heteroatoms. The molecule has 0 N–H and O–H groups in total. The highest BCUT2D eigenvalue weighted by atomic mass is 16.6. The molecule has 0 radical (unpaired) electrons. The van der Waals surface area contributed by atoms with E-state index >= 15 is 0 Å². The zero-order chi connectivity index (χ0) is 36.7. The Hall–Kier alpha value is -2.94. The summed E-state index contributed by atoms with van der Waals surface area (Å²) in [7, 11) is 0. The number of carbonyl (C=O) groups excluding carboxylic acids is 2. The molecule has 2 aromatic rings. The maximum absolute atomic E-state index is 12.3. The summed E-state index contributed by atoms with van der Waals surface area (Å²) in [5.41, 5.74) is 2.26. The van der Waals surface area contributed by atoms with Crippen molar-refractivity contribution in [1.82, 2.24) is 4.90 Å². The largest absolute Gasteiger partial charge is 0.491 e. The van der Waals surface area contributed by atoms with Gasteiger partial charge in [-0.15, -0.1) is 0 Å². The first-order valence-corrected chi connectivity index (χ1v) is 19.0. The fourth-order valence-electron chi connectivity index (χ4n) is 5.32. The van der Waals surface area contributed by atoms with Gasteiger partial charge in [0.15, 0.2) is 0 Å². The van der Waals surface area contributed by atoms with Crippen LogP contribution >= 0.6 is 0 Å². The van der Waals surface area contributed by atoms with E-state index in [4.69, 9.17) is 42.6 Å². The van der Waals surface area contributed by atoms with Crippen LogP contribution in [0.5, 0.6) is 5.75 Å². The molecule has 2 aromatic carbocycles. The number of unbranched alkanes of at least 4 members (excludes halogenated alkanes) is 5. The number of amides is 2. The maximum Gasteiger partial charge on any atom is 0.261 e. The van der Waals surface area contributed by atoms with Gasteiger partial charge in [0, 0.05) is 0 Å². The molecular weight excluding hydrogens is 670 g/mol. The minimum Gasteiger partial charge on any atom is -0.491 e. The van der Waals surface area contributed by atoms with E-state index in [-0.39, 0.29) is 25.0 Å². The number of aryl methyl sites for hydroxylation is 1. The Bertz CT molecular complexity index is 1160. The van der Waals surface area contributed by atoms with Gasteiger partial charge in [0.2, 0.25) is 0 Å². The van der Waals surface area contributed by atoms with Gasteiger partial charge in [0.25, 0.3) is 11.8 Å². The summed E-state index contributed by atoms with van der Waals surface area (Å²) >= 11 is 0. The van der Waals surface area contributed by atoms with Gasteiger partial charge in [-0.3, -0.25) is 14.5 Å². The van der Waals surface area contributed by atoms with Crippen molar-refractivity contribution in [2.45, 2.75) is 51.9 Å². The lowest BCUT2D eigenvalue weighted by atomic mass is 10.0. The molecule has 0 bridgehead atoms. The number of carbonyl (C=O) groups is 2. The Morgan fingerprint density at radius 3 is 1.27 bits per heavy atom. The lowest BCUT2D eigenvalue weighted by molar-refractivity contribution is -0.0238. The SMILES string of the molecule is CCCCCCCCc1ccc(OCCOCCOCCOCCOCCOCCOCCOCCOCCN2C(=O)c3ccccc3C2=O)cc1. The summed E-state index contributed by atoms with van der Waals surface area (Å²) in [5, 5.41) is 0. The zero-order valence-electron chi connectivity index (χ0n) is 31.2. The molecule has 0 atom stereocenters. The van der Waals surface area contributed by atoms with Crippen LogP contribution in [-0.4, -0.2) is 136 Å². The molecular formula is C40H61NO11. The Labute approximate surface area is 310 Å². The second-order valence-corrected chi connectivity index (χ2v) is 12.2. The second kappa shape index (κ2) is 29.5. The van der Waals surface area contributed by atoms with E-state index in [1.165, 1.54) is 49.0 Å². The molecule has 12 nitrogen and oxygen atoms in total. The number of ether oxygens (including phenoxy) is 9. The van der Waals surface area contributed by atoms with Crippen molar-refractivity contribution in [3.63, 3.8) is 0 Å². The van der Waals surface area contributed by atoms with Crippen LogP contribution in [-0.2, 0) is 44.3 Å². The number of imide groups is 1. The van der Waals surface area contributed by atoms with Crippen molar-refractivity contribution >= 4 is 11.8 Å². The van der Waals surface area contributed by atoms with Gasteiger partial charge < -0.3 is 42.6 Å². The molecule has 0 aromatic heterocycles. The van der Waals surface area contributed by atoms with Gasteiger partial charge in [-0.05, 0) is 42.7 Å². The highest BCUT2D eigenvalue weighted by Crippen LogP contribution is 2.22. The van der Waals surface area contributed by atoms with Crippen LogP contribution in [0.1, 0.15) is 71.7 Å². The van der Waals surface area contributed by atoms with Crippen LogP contribution in [0.15, 0.2) is 48.5 Å². The number of nitrogens with zero attached hydrogens (tertiary/aromatic N) is 1. The molecule has 0 aliphatic carbocycles. The summed E-state index contributed by atoms with van der Waals surface area (Å²) in [6, 6.07) is 15.2. The van der Waals surface area contributed by atoms with Crippen molar-refractivity contribution in [2.75, 3.05) is 119 Å². The van der Waals surface area contributed by atoms with E-state index in [1.807, 2.05) is 12.1 Å². The molecule has 0 fully saturated rings. The highest BCUT2D eigenvalue weighted by molar-refractivity contribution is 6.21. The van der Waals surface area contributed by atoms with Crippen LogP contribution < -0.4 is 4.74 Å². The zero-order valence-corrected chi connectivity index (χ0v) is 31.2. The van der Waals surface area contributed by atoms with Crippen LogP contribution in [0.25, 0.3) is 0 Å². The standard InChI is InChI=1S/C40H61NO11/c1-2-3-4-5-6-7-10-35-13-15-36(16-14-35)52-34-33-51-32-31-50-30-29-49-28-27-48-26-25-47-24-23-46-22-21-45-20-19-44-18-17-41-39(42)37-11-8-9-12-38(37)40(41)43/h8-9,11-16H,2-7,10,17-34H2,1H3. The number of benzene rings is 2. The molecule has 1 heterocycles. The Morgan fingerprint density at radius 2 is 0.827 bits per heavy atom. The van der Waals surface area contributed by atoms with Gasteiger partial charge in [-0.25, -0.2) is 0 Å². The van der Waals surface area contributed by atoms with E-state index in [0.717, 1.165) is 12.2 Å². The van der Waals surface area contributed by atoms with E-state index in [9.17, 15) is 9.59 Å². The van der Waals surface area contributed by atoms with Crippen LogP contribution in [0.4, 0.5) is 0 Å². The van der Waals surface area contributed by atoms with Crippen LogP contribution in [0, 0.1) is 0 Å². The molecule has 292 valence electrons. The smallest absolute Gasteiger partial charge is 0.261 e. The first kappa shape index (κ1) is 43.5. The van der Waals surface area contributed by atoms with E-state index in [1.54, 1.807) is 24.3 Å². The van der Waals surface area contributed by atoms with Crippen molar-refractivity contribution in [2.24, 2.45) is 0 Å². The summed E-state index contributed by atoms with van der Waals surface area (Å²) in [5.74, 6) is 0.328. The predicted molar refractivity (Wildman–Crippen MR) is 197 cm³/mol. The van der Waals surface area contributed by atoms with Crippen molar-refractivity contribution in [3.05, 3.63) is 65.2 Å². The molecule has 0 saturated carbocycles. The van der Waals surface area contributed by atoms with E-state index in [2.05, 4.69) is 19.1 Å². The summed E-state index contributed by atoms with van der Waals surface area (Å²) in [4.78, 5) is 25.9. The molecule has 3 rings (SSSR count). The van der Waals surface area contributed by atoms with E-state index < -0.39 is 0 Å². The van der Waals surface area contributed by atoms with Gasteiger partial charge in [-0.2, -0.15) is 0 Å². The van der Waals surface area contributed by atoms with Gasteiger partial charge >= 0.3 is 0 Å². The maximum atomic E-state index is 12.3. The summed E-state index contributed by atoms with van der Waals surface area (Å²) < 4.78 is 49.9. The fraction of sp³-hybridized carbons (Fsp3) is 0.650. The number of rotatable bonds is 35. The summed E-state index contributed by atoms with van der Waals surface area (Å²) in [6.45, 7) is 10.4. The topological polar surface area (TPSA) is 120 Å². The second-order valence-electron chi connectivity index (χ2n) is 12.2. The molecule has 52 heavy (non-hydrogen) atoms. The fourth-order valence-corrected chi connectivity index (χ4v) is 5.32. The number of hydrogen-bond donors (Lipinski definition) is 0. The van der Waals surface area contributed by atoms with Gasteiger partial charge in [0.05, 0.1) is 123 Å². The number of hydrogen-bond acceptors (Lipinski definition) is 11. The van der Waals surface area contributed by atoms with Gasteiger partial charge in [-0.1, -0.05) is 63.3 Å². The lowest BCUT2D eigenvalue weighted by Gasteiger charge is -2.13. The first-order chi connectivity index (χ1) is 25.7. The monoisotopic (exact) mass is 731 g/mol. The molecule has 1 aliphatic rings. The van der Waals surface area contributed by atoms with Crippen molar-refractivity contribution in [1.29, 1.82) is 0 Å². The minimum atomic E-state index is -0.275. The van der Waals surface area contributed by atoms with Crippen LogP contribution in [0.3, 0.4) is 0 Å². The molecule has 0 spiro atoms.